The quantitative estimate of drug-likeness (QED) is 0.641. The van der Waals surface area contributed by atoms with Gasteiger partial charge in [-0.2, -0.15) is 0 Å². The molecule has 1 aromatic rings. The lowest BCUT2D eigenvalue weighted by Crippen LogP contribution is -2.33. The predicted octanol–water partition coefficient (Wildman–Crippen LogP) is 0.576. The van der Waals surface area contributed by atoms with Crippen molar-refractivity contribution in [3.05, 3.63) is 17.0 Å². The third-order valence-electron chi connectivity index (χ3n) is 2.89. The van der Waals surface area contributed by atoms with Gasteiger partial charge in [0.2, 0.25) is 5.91 Å². The third kappa shape index (κ3) is 5.85. The molecule has 6 heteroatoms. The van der Waals surface area contributed by atoms with E-state index in [1.54, 1.807) is 7.11 Å². The van der Waals surface area contributed by atoms with Gasteiger partial charge in [-0.25, -0.2) is 0 Å². The Morgan fingerprint density at radius 2 is 2.11 bits per heavy atom. The van der Waals surface area contributed by atoms with Gasteiger partial charge in [0.1, 0.15) is 5.76 Å². The van der Waals surface area contributed by atoms with Gasteiger partial charge in [0, 0.05) is 38.7 Å². The average molecular weight is 269 g/mol. The Morgan fingerprint density at radius 3 is 2.74 bits per heavy atom. The highest BCUT2D eigenvalue weighted by atomic mass is 16.5. The lowest BCUT2D eigenvalue weighted by Gasteiger charge is -2.06. The van der Waals surface area contributed by atoms with Gasteiger partial charge in [-0.15, -0.1) is 0 Å². The second-order valence-electron chi connectivity index (χ2n) is 4.40. The number of hydrogen-bond acceptors (Lipinski definition) is 5. The Labute approximate surface area is 113 Å². The van der Waals surface area contributed by atoms with Crippen LogP contribution in [0.25, 0.3) is 0 Å². The van der Waals surface area contributed by atoms with Crippen molar-refractivity contribution >= 4 is 5.91 Å². The van der Waals surface area contributed by atoms with E-state index in [0.29, 0.717) is 26.0 Å². The molecule has 1 heterocycles. The molecule has 0 bridgehead atoms. The van der Waals surface area contributed by atoms with E-state index in [1.165, 1.54) is 0 Å². The number of ether oxygens (including phenoxy) is 1. The first-order valence-electron chi connectivity index (χ1n) is 6.53. The van der Waals surface area contributed by atoms with Crippen LogP contribution in [0.3, 0.4) is 0 Å². The summed E-state index contributed by atoms with van der Waals surface area (Å²) in [5.41, 5.74) is 1.90. The van der Waals surface area contributed by atoms with Crippen molar-refractivity contribution in [2.45, 2.75) is 26.7 Å². The lowest BCUT2D eigenvalue weighted by atomic mass is 10.1. The van der Waals surface area contributed by atoms with Crippen LogP contribution >= 0.6 is 0 Å². The Balaban J connectivity index is 2.11. The Hall–Kier alpha value is -1.40. The number of aromatic nitrogens is 1. The molecule has 0 saturated heterocycles. The summed E-state index contributed by atoms with van der Waals surface area (Å²) in [7, 11) is 1.66. The second kappa shape index (κ2) is 8.66. The van der Waals surface area contributed by atoms with Crippen LogP contribution in [-0.2, 0) is 16.0 Å². The first-order valence-corrected chi connectivity index (χ1v) is 6.53. The van der Waals surface area contributed by atoms with Gasteiger partial charge < -0.3 is 19.9 Å². The summed E-state index contributed by atoms with van der Waals surface area (Å²) in [5.74, 6) is 0.847. The third-order valence-corrected chi connectivity index (χ3v) is 2.89. The molecule has 2 N–H and O–H groups in total. The number of methoxy groups -OCH3 is 1. The van der Waals surface area contributed by atoms with Crippen LogP contribution in [0.2, 0.25) is 0 Å². The summed E-state index contributed by atoms with van der Waals surface area (Å²) < 4.78 is 9.97. The Morgan fingerprint density at radius 1 is 1.32 bits per heavy atom. The number of nitrogens with one attached hydrogen (secondary N) is 2. The number of aryl methyl sites for hydroxylation is 2. The number of carbonyl (C=O) groups excluding carboxylic acids is 1. The van der Waals surface area contributed by atoms with Crippen molar-refractivity contribution < 1.29 is 14.1 Å². The minimum atomic E-state index is 0.0496. The Bertz CT molecular complexity index is 371. The molecule has 0 aliphatic rings. The number of nitrogens with zero attached hydrogens (tertiary/aromatic N) is 1. The van der Waals surface area contributed by atoms with Crippen molar-refractivity contribution in [3.8, 4) is 0 Å². The van der Waals surface area contributed by atoms with Crippen LogP contribution in [0.15, 0.2) is 4.52 Å². The summed E-state index contributed by atoms with van der Waals surface area (Å²) in [5, 5.41) is 9.90. The molecule has 1 aromatic heterocycles. The van der Waals surface area contributed by atoms with E-state index in [-0.39, 0.29) is 5.91 Å². The van der Waals surface area contributed by atoms with Crippen molar-refractivity contribution in [2.75, 3.05) is 33.4 Å². The molecule has 19 heavy (non-hydrogen) atoms. The lowest BCUT2D eigenvalue weighted by molar-refractivity contribution is -0.121. The maximum absolute atomic E-state index is 11.6. The van der Waals surface area contributed by atoms with E-state index in [0.717, 1.165) is 30.1 Å². The SMILES string of the molecule is COCCNCCNC(=O)CCc1c(C)noc1C. The zero-order valence-corrected chi connectivity index (χ0v) is 11.9. The standard InChI is InChI=1S/C13H23N3O3/c1-10-12(11(2)19-16-10)4-5-13(17)15-7-6-14-8-9-18-3/h14H,4-9H2,1-3H3,(H,15,17). The fourth-order valence-corrected chi connectivity index (χ4v) is 1.78. The molecule has 1 rings (SSSR count). The van der Waals surface area contributed by atoms with Gasteiger partial charge in [-0.1, -0.05) is 5.16 Å². The van der Waals surface area contributed by atoms with Crippen LogP contribution in [0.4, 0.5) is 0 Å². The smallest absolute Gasteiger partial charge is 0.220 e. The van der Waals surface area contributed by atoms with E-state index >= 15 is 0 Å². The monoisotopic (exact) mass is 269 g/mol. The zero-order chi connectivity index (χ0) is 14.1. The largest absolute Gasteiger partial charge is 0.383 e. The van der Waals surface area contributed by atoms with Crippen molar-refractivity contribution in [1.82, 2.24) is 15.8 Å². The molecule has 0 saturated carbocycles. The number of rotatable bonds is 9. The summed E-state index contributed by atoms with van der Waals surface area (Å²) in [6.45, 7) is 6.62. The van der Waals surface area contributed by atoms with Gasteiger partial charge in [0.25, 0.3) is 0 Å². The summed E-state index contributed by atoms with van der Waals surface area (Å²) >= 11 is 0. The van der Waals surface area contributed by atoms with Gasteiger partial charge in [0.15, 0.2) is 0 Å². The van der Waals surface area contributed by atoms with E-state index in [9.17, 15) is 4.79 Å². The molecule has 1 amide bonds. The molecule has 0 atom stereocenters. The number of amides is 1. The van der Waals surface area contributed by atoms with E-state index < -0.39 is 0 Å². The molecule has 0 spiro atoms. The predicted molar refractivity (Wildman–Crippen MR) is 72.1 cm³/mol. The van der Waals surface area contributed by atoms with Gasteiger partial charge in [0.05, 0.1) is 12.3 Å². The first-order chi connectivity index (χ1) is 9.15. The van der Waals surface area contributed by atoms with Crippen LogP contribution in [-0.4, -0.2) is 44.4 Å². The van der Waals surface area contributed by atoms with Crippen LogP contribution in [0.5, 0.6) is 0 Å². The molecular formula is C13H23N3O3. The highest BCUT2D eigenvalue weighted by molar-refractivity contribution is 5.76. The Kier molecular flexibility index (Phi) is 7.14. The van der Waals surface area contributed by atoms with E-state index in [4.69, 9.17) is 9.26 Å². The topological polar surface area (TPSA) is 76.4 Å². The normalized spacial score (nSPS) is 10.7. The number of carbonyl (C=O) groups is 1. The second-order valence-corrected chi connectivity index (χ2v) is 4.40. The summed E-state index contributed by atoms with van der Waals surface area (Å²) in [6.07, 6.45) is 1.13. The molecular weight excluding hydrogens is 246 g/mol. The molecule has 0 fully saturated rings. The van der Waals surface area contributed by atoms with E-state index in [2.05, 4.69) is 15.8 Å². The average Bonchev–Trinajstić information content (AvgIpc) is 2.71. The number of hydrogen-bond donors (Lipinski definition) is 2. The molecule has 0 aliphatic carbocycles. The first kappa shape index (κ1) is 15.7. The van der Waals surface area contributed by atoms with Crippen molar-refractivity contribution in [3.63, 3.8) is 0 Å². The molecule has 0 aliphatic heterocycles. The van der Waals surface area contributed by atoms with Gasteiger partial charge >= 0.3 is 0 Å². The van der Waals surface area contributed by atoms with E-state index in [1.807, 2.05) is 13.8 Å². The fraction of sp³-hybridized carbons (Fsp3) is 0.692. The van der Waals surface area contributed by atoms with Gasteiger partial charge in [-0.3, -0.25) is 4.79 Å². The van der Waals surface area contributed by atoms with Crippen LogP contribution < -0.4 is 10.6 Å². The minimum absolute atomic E-state index is 0.0496. The van der Waals surface area contributed by atoms with Crippen LogP contribution in [0.1, 0.15) is 23.4 Å². The highest BCUT2D eigenvalue weighted by Gasteiger charge is 2.10. The van der Waals surface area contributed by atoms with Gasteiger partial charge in [-0.05, 0) is 20.3 Å². The summed E-state index contributed by atoms with van der Waals surface area (Å²) in [6, 6.07) is 0. The zero-order valence-electron chi connectivity index (χ0n) is 11.9. The maximum Gasteiger partial charge on any atom is 0.220 e. The highest BCUT2D eigenvalue weighted by Crippen LogP contribution is 2.13. The van der Waals surface area contributed by atoms with Crippen molar-refractivity contribution in [1.29, 1.82) is 0 Å². The summed E-state index contributed by atoms with van der Waals surface area (Å²) in [4.78, 5) is 11.6. The van der Waals surface area contributed by atoms with Crippen molar-refractivity contribution in [2.24, 2.45) is 0 Å². The molecule has 0 aromatic carbocycles. The minimum Gasteiger partial charge on any atom is -0.383 e. The molecule has 0 unspecified atom stereocenters. The fourth-order valence-electron chi connectivity index (χ4n) is 1.78. The molecule has 0 radical (unpaired) electrons. The molecule has 108 valence electrons. The van der Waals surface area contributed by atoms with Crippen LogP contribution in [0, 0.1) is 13.8 Å². The maximum atomic E-state index is 11.6. The molecule has 6 nitrogen and oxygen atoms in total.